The van der Waals surface area contributed by atoms with Crippen molar-refractivity contribution in [3.8, 4) is 5.75 Å². The number of amides is 1. The van der Waals surface area contributed by atoms with Crippen molar-refractivity contribution in [1.29, 1.82) is 0 Å². The summed E-state index contributed by atoms with van der Waals surface area (Å²) in [5.41, 5.74) is 0.657. The Morgan fingerprint density at radius 1 is 1.55 bits per heavy atom. The minimum atomic E-state index is -0.332. The van der Waals surface area contributed by atoms with Gasteiger partial charge in [-0.05, 0) is 44.5 Å². The van der Waals surface area contributed by atoms with E-state index < -0.39 is 0 Å². The molecule has 110 valence electrons. The Morgan fingerprint density at radius 2 is 2.35 bits per heavy atom. The number of piperidine rings is 1. The number of hydrogen-bond donors (Lipinski definition) is 2. The molecule has 1 heterocycles. The van der Waals surface area contributed by atoms with Gasteiger partial charge in [0.2, 0.25) is 5.91 Å². The first-order valence-corrected chi connectivity index (χ1v) is 6.96. The summed E-state index contributed by atoms with van der Waals surface area (Å²) >= 11 is 0. The lowest BCUT2D eigenvalue weighted by Crippen LogP contribution is -2.41. The standard InChI is InChI=1S/C15H21FN2O2/c1-10(13-8-12(16)5-6-14(13)20-2)18-15(19)11-4-3-7-17-9-11/h5-6,8,10-11,17H,3-4,7,9H2,1-2H3,(H,18,19). The molecule has 2 N–H and O–H groups in total. The molecule has 0 bridgehead atoms. The molecule has 0 aromatic heterocycles. The first-order valence-electron chi connectivity index (χ1n) is 6.96. The third-order valence-corrected chi connectivity index (χ3v) is 3.68. The fourth-order valence-electron chi connectivity index (χ4n) is 2.53. The lowest BCUT2D eigenvalue weighted by molar-refractivity contribution is -0.126. The van der Waals surface area contributed by atoms with Crippen LogP contribution in [0.5, 0.6) is 5.75 Å². The maximum atomic E-state index is 13.4. The van der Waals surface area contributed by atoms with Crippen molar-refractivity contribution < 1.29 is 13.9 Å². The Hall–Kier alpha value is -1.62. The van der Waals surface area contributed by atoms with Crippen molar-refractivity contribution in [2.45, 2.75) is 25.8 Å². The molecule has 1 aliphatic rings. The molecule has 2 rings (SSSR count). The molecule has 0 saturated carbocycles. The van der Waals surface area contributed by atoms with Crippen LogP contribution in [0.2, 0.25) is 0 Å². The van der Waals surface area contributed by atoms with E-state index in [0.29, 0.717) is 17.9 Å². The highest BCUT2D eigenvalue weighted by Gasteiger charge is 2.23. The van der Waals surface area contributed by atoms with Gasteiger partial charge in [0.05, 0.1) is 19.1 Å². The van der Waals surface area contributed by atoms with Gasteiger partial charge in [0.25, 0.3) is 0 Å². The molecule has 1 amide bonds. The first kappa shape index (κ1) is 14.8. The van der Waals surface area contributed by atoms with Crippen LogP contribution >= 0.6 is 0 Å². The van der Waals surface area contributed by atoms with E-state index in [2.05, 4.69) is 10.6 Å². The van der Waals surface area contributed by atoms with Gasteiger partial charge in [0.1, 0.15) is 11.6 Å². The van der Waals surface area contributed by atoms with E-state index >= 15 is 0 Å². The fourth-order valence-corrected chi connectivity index (χ4v) is 2.53. The van der Waals surface area contributed by atoms with Gasteiger partial charge in [0, 0.05) is 12.1 Å². The van der Waals surface area contributed by atoms with Crippen LogP contribution in [-0.2, 0) is 4.79 Å². The maximum absolute atomic E-state index is 13.4. The van der Waals surface area contributed by atoms with Gasteiger partial charge in [-0.3, -0.25) is 4.79 Å². The minimum Gasteiger partial charge on any atom is -0.496 e. The van der Waals surface area contributed by atoms with E-state index in [0.717, 1.165) is 19.4 Å². The largest absolute Gasteiger partial charge is 0.496 e. The third-order valence-electron chi connectivity index (χ3n) is 3.68. The molecule has 1 aromatic rings. The zero-order valence-corrected chi connectivity index (χ0v) is 11.9. The predicted molar refractivity (Wildman–Crippen MR) is 75.1 cm³/mol. The van der Waals surface area contributed by atoms with Crippen LogP contribution in [-0.4, -0.2) is 26.1 Å². The summed E-state index contributed by atoms with van der Waals surface area (Å²) in [5, 5.41) is 6.16. The van der Waals surface area contributed by atoms with Gasteiger partial charge in [0.15, 0.2) is 0 Å². The monoisotopic (exact) mass is 280 g/mol. The van der Waals surface area contributed by atoms with Crippen LogP contribution in [0.4, 0.5) is 4.39 Å². The van der Waals surface area contributed by atoms with Gasteiger partial charge in [-0.15, -0.1) is 0 Å². The highest BCUT2D eigenvalue weighted by atomic mass is 19.1. The van der Waals surface area contributed by atoms with Crippen LogP contribution in [0.25, 0.3) is 0 Å². The summed E-state index contributed by atoms with van der Waals surface area (Å²) in [4.78, 5) is 12.2. The molecule has 20 heavy (non-hydrogen) atoms. The van der Waals surface area contributed by atoms with Crippen LogP contribution in [0, 0.1) is 11.7 Å². The molecule has 1 aliphatic heterocycles. The summed E-state index contributed by atoms with van der Waals surface area (Å²) in [6.45, 7) is 3.52. The van der Waals surface area contributed by atoms with Gasteiger partial charge >= 0.3 is 0 Å². The van der Waals surface area contributed by atoms with Crippen molar-refractivity contribution in [2.24, 2.45) is 5.92 Å². The molecule has 0 radical (unpaired) electrons. The van der Waals surface area contributed by atoms with Gasteiger partial charge in [-0.2, -0.15) is 0 Å². The van der Waals surface area contributed by atoms with Gasteiger partial charge in [-0.1, -0.05) is 0 Å². The van der Waals surface area contributed by atoms with E-state index in [9.17, 15) is 9.18 Å². The normalized spacial score (nSPS) is 20.2. The van der Waals surface area contributed by atoms with Crippen LogP contribution in [0.1, 0.15) is 31.4 Å². The summed E-state index contributed by atoms with van der Waals surface area (Å²) in [6, 6.07) is 4.05. The number of carbonyl (C=O) groups excluding carboxylic acids is 1. The second kappa shape index (κ2) is 6.70. The minimum absolute atomic E-state index is 0.00856. The van der Waals surface area contributed by atoms with Crippen LogP contribution < -0.4 is 15.4 Å². The maximum Gasteiger partial charge on any atom is 0.224 e. The molecule has 1 aromatic carbocycles. The number of benzene rings is 1. The zero-order valence-electron chi connectivity index (χ0n) is 11.9. The highest BCUT2D eigenvalue weighted by molar-refractivity contribution is 5.79. The Kier molecular flexibility index (Phi) is 4.95. The van der Waals surface area contributed by atoms with Crippen molar-refractivity contribution >= 4 is 5.91 Å². The number of carbonyl (C=O) groups is 1. The van der Waals surface area contributed by atoms with Gasteiger partial charge < -0.3 is 15.4 Å². The van der Waals surface area contributed by atoms with Crippen LogP contribution in [0.15, 0.2) is 18.2 Å². The fraction of sp³-hybridized carbons (Fsp3) is 0.533. The zero-order chi connectivity index (χ0) is 14.5. The number of hydrogen-bond acceptors (Lipinski definition) is 3. The Balaban J connectivity index is 2.05. The molecule has 2 atom stereocenters. The summed E-state index contributed by atoms with van der Waals surface area (Å²) < 4.78 is 18.6. The number of methoxy groups -OCH3 is 1. The Labute approximate surface area is 118 Å². The summed E-state index contributed by atoms with van der Waals surface area (Å²) in [7, 11) is 1.54. The topological polar surface area (TPSA) is 50.4 Å². The van der Waals surface area contributed by atoms with E-state index in [4.69, 9.17) is 4.74 Å². The molecule has 1 fully saturated rings. The van der Waals surface area contributed by atoms with Crippen molar-refractivity contribution in [3.63, 3.8) is 0 Å². The average Bonchev–Trinajstić information content (AvgIpc) is 2.48. The third kappa shape index (κ3) is 3.48. The van der Waals surface area contributed by atoms with Crippen molar-refractivity contribution in [2.75, 3.05) is 20.2 Å². The second-order valence-electron chi connectivity index (χ2n) is 5.16. The lowest BCUT2D eigenvalue weighted by Gasteiger charge is -2.24. The quantitative estimate of drug-likeness (QED) is 0.887. The molecular weight excluding hydrogens is 259 g/mol. The smallest absolute Gasteiger partial charge is 0.224 e. The molecule has 1 saturated heterocycles. The van der Waals surface area contributed by atoms with E-state index in [1.54, 1.807) is 6.07 Å². The Morgan fingerprint density at radius 3 is 3.00 bits per heavy atom. The van der Waals surface area contributed by atoms with Crippen molar-refractivity contribution in [1.82, 2.24) is 10.6 Å². The number of halogens is 1. The first-order chi connectivity index (χ1) is 9.61. The highest BCUT2D eigenvalue weighted by Crippen LogP contribution is 2.26. The number of nitrogens with one attached hydrogen (secondary N) is 2. The van der Waals surface area contributed by atoms with Crippen LogP contribution in [0.3, 0.4) is 0 Å². The Bertz CT molecular complexity index is 473. The molecule has 0 spiro atoms. The predicted octanol–water partition coefficient (Wildman–Crippen LogP) is 2.01. The lowest BCUT2D eigenvalue weighted by atomic mass is 9.97. The molecule has 5 heteroatoms. The summed E-state index contributed by atoms with van der Waals surface area (Å²) in [6.07, 6.45) is 1.90. The summed E-state index contributed by atoms with van der Waals surface area (Å²) in [5.74, 6) is 0.254. The van der Waals surface area contributed by atoms with E-state index in [1.165, 1.54) is 19.2 Å². The van der Waals surface area contributed by atoms with E-state index in [-0.39, 0.29) is 23.7 Å². The molecule has 2 unspecified atom stereocenters. The van der Waals surface area contributed by atoms with E-state index in [1.807, 2.05) is 6.92 Å². The second-order valence-corrected chi connectivity index (χ2v) is 5.16. The molecular formula is C15H21FN2O2. The number of rotatable bonds is 4. The SMILES string of the molecule is COc1ccc(F)cc1C(C)NC(=O)C1CCCNC1. The average molecular weight is 280 g/mol. The molecule has 0 aliphatic carbocycles. The van der Waals surface area contributed by atoms with Gasteiger partial charge in [-0.25, -0.2) is 4.39 Å². The van der Waals surface area contributed by atoms with Crippen molar-refractivity contribution in [3.05, 3.63) is 29.6 Å². The number of ether oxygens (including phenoxy) is 1. The molecule has 4 nitrogen and oxygen atoms in total.